The molecular weight excluding hydrogens is 344 g/mol. The average Bonchev–Trinajstić information content (AvgIpc) is 2.75. The number of hydrogen-bond acceptors (Lipinski definition) is 2. The van der Waals surface area contributed by atoms with Gasteiger partial charge in [0.1, 0.15) is 0 Å². The van der Waals surface area contributed by atoms with E-state index >= 15 is 0 Å². The number of aryl methyl sites for hydroxylation is 1. The summed E-state index contributed by atoms with van der Waals surface area (Å²) in [5, 5.41) is 0. The van der Waals surface area contributed by atoms with Crippen molar-refractivity contribution in [1.29, 1.82) is 0 Å². The van der Waals surface area contributed by atoms with Crippen molar-refractivity contribution in [2.24, 2.45) is 11.8 Å². The summed E-state index contributed by atoms with van der Waals surface area (Å²) < 4.78 is 12.3. The first-order valence-electron chi connectivity index (χ1n) is 12.1. The smallest absolute Gasteiger partial charge is 0.160 e. The van der Waals surface area contributed by atoms with Crippen molar-refractivity contribution in [3.63, 3.8) is 0 Å². The van der Waals surface area contributed by atoms with Crippen LogP contribution in [-0.4, -0.2) is 19.5 Å². The third kappa shape index (κ3) is 6.59. The van der Waals surface area contributed by atoms with Crippen LogP contribution in [0.2, 0.25) is 0 Å². The van der Waals surface area contributed by atoms with E-state index in [2.05, 4.69) is 38.1 Å². The Balaban J connectivity index is 1.38. The Bertz CT molecular complexity index is 522. The van der Waals surface area contributed by atoms with Gasteiger partial charge in [0.2, 0.25) is 0 Å². The Morgan fingerprint density at radius 3 is 2.07 bits per heavy atom. The largest absolute Gasteiger partial charge is 0.352 e. The van der Waals surface area contributed by atoms with Gasteiger partial charge in [-0.15, -0.1) is 0 Å². The molecule has 28 heavy (non-hydrogen) atoms. The molecule has 0 radical (unpaired) electrons. The summed E-state index contributed by atoms with van der Waals surface area (Å²) >= 11 is 0. The van der Waals surface area contributed by atoms with Gasteiger partial charge in [0, 0.05) is 11.8 Å². The molecule has 2 nitrogen and oxygen atoms in total. The van der Waals surface area contributed by atoms with Gasteiger partial charge in [0.25, 0.3) is 0 Å². The molecule has 1 saturated carbocycles. The highest BCUT2D eigenvalue weighted by Crippen LogP contribution is 2.39. The van der Waals surface area contributed by atoms with Crippen molar-refractivity contribution in [1.82, 2.24) is 0 Å². The quantitative estimate of drug-likeness (QED) is 0.394. The molecule has 1 saturated heterocycles. The van der Waals surface area contributed by atoms with E-state index < -0.39 is 0 Å². The van der Waals surface area contributed by atoms with E-state index in [-0.39, 0.29) is 6.29 Å². The standard InChI is InChI=1S/C26H42O2/c1-3-5-7-9-21-11-13-23(14-12-21)24-15-17-25(18-16-24)26-27-19-22(20-28-26)10-8-6-4-2/h11-14,22,24-26H,3-10,15-20H2,1-2H3/t22-,24?,25?,26-. The molecule has 1 heterocycles. The molecule has 1 aliphatic carbocycles. The van der Waals surface area contributed by atoms with E-state index in [0.717, 1.165) is 19.1 Å². The molecule has 2 heteroatoms. The van der Waals surface area contributed by atoms with Crippen LogP contribution in [0.4, 0.5) is 0 Å². The summed E-state index contributed by atoms with van der Waals surface area (Å²) in [6, 6.07) is 9.51. The molecule has 2 aliphatic rings. The molecule has 0 N–H and O–H groups in total. The van der Waals surface area contributed by atoms with Gasteiger partial charge in [-0.1, -0.05) is 70.2 Å². The maximum Gasteiger partial charge on any atom is 0.160 e. The van der Waals surface area contributed by atoms with Crippen molar-refractivity contribution in [2.45, 2.75) is 103 Å². The second kappa shape index (κ2) is 12.0. The summed E-state index contributed by atoms with van der Waals surface area (Å²) in [6.45, 7) is 6.36. The Labute approximate surface area is 173 Å². The maximum absolute atomic E-state index is 6.14. The summed E-state index contributed by atoms with van der Waals surface area (Å²) in [5.74, 6) is 1.95. The zero-order valence-electron chi connectivity index (χ0n) is 18.3. The lowest BCUT2D eigenvalue weighted by atomic mass is 9.78. The number of benzene rings is 1. The van der Waals surface area contributed by atoms with Crippen LogP contribution in [0.5, 0.6) is 0 Å². The third-order valence-corrected chi connectivity index (χ3v) is 6.89. The van der Waals surface area contributed by atoms with Gasteiger partial charge in [0.05, 0.1) is 13.2 Å². The average molecular weight is 387 g/mol. The molecule has 1 aliphatic heterocycles. The highest BCUT2D eigenvalue weighted by Gasteiger charge is 2.32. The second-order valence-electron chi connectivity index (χ2n) is 9.21. The van der Waals surface area contributed by atoms with E-state index in [9.17, 15) is 0 Å². The minimum atomic E-state index is 0.0596. The molecule has 0 spiro atoms. The van der Waals surface area contributed by atoms with E-state index in [0.29, 0.717) is 11.8 Å². The monoisotopic (exact) mass is 386 g/mol. The van der Waals surface area contributed by atoms with Gasteiger partial charge in [-0.05, 0) is 62.0 Å². The zero-order chi connectivity index (χ0) is 19.6. The first kappa shape index (κ1) is 21.8. The zero-order valence-corrected chi connectivity index (χ0v) is 18.3. The fourth-order valence-corrected chi connectivity index (χ4v) is 4.94. The first-order valence-corrected chi connectivity index (χ1v) is 12.1. The van der Waals surface area contributed by atoms with Crippen LogP contribution in [-0.2, 0) is 15.9 Å². The van der Waals surface area contributed by atoms with E-state index in [1.807, 2.05) is 0 Å². The van der Waals surface area contributed by atoms with Crippen LogP contribution in [0.15, 0.2) is 24.3 Å². The summed E-state index contributed by atoms with van der Waals surface area (Å²) in [6.07, 6.45) is 15.5. The van der Waals surface area contributed by atoms with Gasteiger partial charge in [-0.2, -0.15) is 0 Å². The Morgan fingerprint density at radius 2 is 1.43 bits per heavy atom. The molecule has 1 aromatic carbocycles. The van der Waals surface area contributed by atoms with Crippen molar-refractivity contribution >= 4 is 0 Å². The van der Waals surface area contributed by atoms with Gasteiger partial charge in [-0.3, -0.25) is 0 Å². The molecule has 0 atom stereocenters. The van der Waals surface area contributed by atoms with Gasteiger partial charge < -0.3 is 9.47 Å². The van der Waals surface area contributed by atoms with Gasteiger partial charge in [0.15, 0.2) is 6.29 Å². The van der Waals surface area contributed by atoms with Crippen molar-refractivity contribution in [2.75, 3.05) is 13.2 Å². The molecule has 2 fully saturated rings. The highest BCUT2D eigenvalue weighted by atomic mass is 16.7. The Hall–Kier alpha value is -0.860. The second-order valence-corrected chi connectivity index (χ2v) is 9.21. The van der Waals surface area contributed by atoms with E-state index in [1.165, 1.54) is 82.6 Å². The summed E-state index contributed by atoms with van der Waals surface area (Å²) in [4.78, 5) is 0. The minimum Gasteiger partial charge on any atom is -0.352 e. The Kier molecular flexibility index (Phi) is 9.34. The predicted molar refractivity (Wildman–Crippen MR) is 118 cm³/mol. The maximum atomic E-state index is 6.14. The minimum absolute atomic E-state index is 0.0596. The molecule has 158 valence electrons. The molecule has 0 unspecified atom stereocenters. The number of hydrogen-bond donors (Lipinski definition) is 0. The normalized spacial score (nSPS) is 28.4. The molecule has 0 aromatic heterocycles. The third-order valence-electron chi connectivity index (χ3n) is 6.89. The van der Waals surface area contributed by atoms with E-state index in [4.69, 9.17) is 9.47 Å². The van der Waals surface area contributed by atoms with Crippen LogP contribution in [0.3, 0.4) is 0 Å². The van der Waals surface area contributed by atoms with Gasteiger partial charge >= 0.3 is 0 Å². The van der Waals surface area contributed by atoms with Crippen LogP contribution in [0, 0.1) is 11.8 Å². The number of unbranched alkanes of at least 4 members (excludes halogenated alkanes) is 4. The lowest BCUT2D eigenvalue weighted by Gasteiger charge is -2.37. The first-order chi connectivity index (χ1) is 13.8. The molecule has 0 amide bonds. The van der Waals surface area contributed by atoms with E-state index in [1.54, 1.807) is 5.56 Å². The van der Waals surface area contributed by atoms with Crippen LogP contribution in [0.1, 0.15) is 102 Å². The molecular formula is C26H42O2. The van der Waals surface area contributed by atoms with Crippen molar-refractivity contribution in [3.8, 4) is 0 Å². The number of ether oxygens (including phenoxy) is 2. The fraction of sp³-hybridized carbons (Fsp3) is 0.769. The SMILES string of the molecule is CCCCCc1ccc(C2CCC([C@H]3OC[C@H](CCCCC)CO3)CC2)cc1. The lowest BCUT2D eigenvalue weighted by Crippen LogP contribution is -2.38. The summed E-state index contributed by atoms with van der Waals surface area (Å²) in [5.41, 5.74) is 3.04. The fourth-order valence-electron chi connectivity index (χ4n) is 4.94. The highest BCUT2D eigenvalue weighted by molar-refractivity contribution is 5.26. The van der Waals surface area contributed by atoms with Crippen LogP contribution >= 0.6 is 0 Å². The van der Waals surface area contributed by atoms with Crippen LogP contribution in [0.25, 0.3) is 0 Å². The van der Waals surface area contributed by atoms with Gasteiger partial charge in [-0.25, -0.2) is 0 Å². The van der Waals surface area contributed by atoms with Crippen molar-refractivity contribution in [3.05, 3.63) is 35.4 Å². The molecule has 3 rings (SSSR count). The van der Waals surface area contributed by atoms with Crippen LogP contribution < -0.4 is 0 Å². The number of rotatable bonds is 10. The lowest BCUT2D eigenvalue weighted by molar-refractivity contribution is -0.229. The van der Waals surface area contributed by atoms with Crippen molar-refractivity contribution < 1.29 is 9.47 Å². The summed E-state index contributed by atoms with van der Waals surface area (Å²) in [7, 11) is 0. The molecule has 0 bridgehead atoms. The Morgan fingerprint density at radius 1 is 0.786 bits per heavy atom. The molecule has 1 aromatic rings. The topological polar surface area (TPSA) is 18.5 Å². The predicted octanol–water partition coefficient (Wildman–Crippen LogP) is 7.26.